The first kappa shape index (κ1) is 13.0. The monoisotopic (exact) mass is 266 g/mol. The molecule has 1 atom stereocenters. The van der Waals surface area contributed by atoms with Gasteiger partial charge in [-0.2, -0.15) is 0 Å². The summed E-state index contributed by atoms with van der Waals surface area (Å²) in [7, 11) is 0. The van der Waals surface area contributed by atoms with Gasteiger partial charge in [0.1, 0.15) is 0 Å². The average Bonchev–Trinajstić information content (AvgIpc) is 2.81. The molecular weight excluding hydrogens is 244 g/mol. The first-order chi connectivity index (χ1) is 9.66. The van der Waals surface area contributed by atoms with Crippen LogP contribution in [-0.2, 0) is 0 Å². The van der Waals surface area contributed by atoms with Gasteiger partial charge in [0, 0.05) is 24.0 Å². The van der Waals surface area contributed by atoms with Gasteiger partial charge in [0.2, 0.25) is 0 Å². The highest BCUT2D eigenvalue weighted by atomic mass is 15.4. The van der Waals surface area contributed by atoms with Gasteiger partial charge in [-0.15, -0.1) is 0 Å². The van der Waals surface area contributed by atoms with E-state index in [1.807, 2.05) is 0 Å². The third-order valence-corrected chi connectivity index (χ3v) is 4.22. The Bertz CT molecular complexity index is 606. The molecule has 1 saturated heterocycles. The largest absolute Gasteiger partial charge is 0.352 e. The van der Waals surface area contributed by atoms with Gasteiger partial charge in [-0.25, -0.2) is 0 Å². The van der Waals surface area contributed by atoms with Gasteiger partial charge in [-0.1, -0.05) is 36.4 Å². The van der Waals surface area contributed by atoms with E-state index in [4.69, 9.17) is 0 Å². The van der Waals surface area contributed by atoms with Crippen LogP contribution in [-0.4, -0.2) is 19.3 Å². The lowest BCUT2D eigenvalue weighted by Crippen LogP contribution is -2.29. The van der Waals surface area contributed by atoms with Crippen molar-refractivity contribution in [3.05, 3.63) is 59.7 Å². The molecule has 2 nitrogen and oxygen atoms in total. The lowest BCUT2D eigenvalue weighted by atomic mass is 10.1. The summed E-state index contributed by atoms with van der Waals surface area (Å²) < 4.78 is 0. The Balaban J connectivity index is 1.88. The second-order valence-corrected chi connectivity index (χ2v) is 5.76. The molecule has 0 bridgehead atoms. The van der Waals surface area contributed by atoms with Crippen molar-refractivity contribution < 1.29 is 0 Å². The predicted molar refractivity (Wildman–Crippen MR) is 86.5 cm³/mol. The van der Waals surface area contributed by atoms with E-state index in [2.05, 4.69) is 79.1 Å². The fourth-order valence-electron chi connectivity index (χ4n) is 3.09. The minimum Gasteiger partial charge on any atom is -0.352 e. The Morgan fingerprint density at radius 1 is 0.850 bits per heavy atom. The molecule has 1 aliphatic rings. The summed E-state index contributed by atoms with van der Waals surface area (Å²) in [5.41, 5.74) is 5.42. The van der Waals surface area contributed by atoms with Gasteiger partial charge in [0.25, 0.3) is 0 Å². The number of anilines is 2. The van der Waals surface area contributed by atoms with Crippen LogP contribution in [0.25, 0.3) is 0 Å². The SMILES string of the molecule is Cc1ccccc1N1CC(C)N(c2ccccc2C)C1. The second-order valence-electron chi connectivity index (χ2n) is 5.76. The first-order valence-electron chi connectivity index (χ1n) is 7.29. The molecule has 3 rings (SSSR count). The number of nitrogens with zero attached hydrogens (tertiary/aromatic N) is 2. The highest BCUT2D eigenvalue weighted by Gasteiger charge is 2.28. The quantitative estimate of drug-likeness (QED) is 0.811. The van der Waals surface area contributed by atoms with E-state index < -0.39 is 0 Å². The number of para-hydroxylation sites is 2. The summed E-state index contributed by atoms with van der Waals surface area (Å²) in [6.07, 6.45) is 0. The van der Waals surface area contributed by atoms with E-state index in [0.29, 0.717) is 6.04 Å². The summed E-state index contributed by atoms with van der Waals surface area (Å²) in [4.78, 5) is 4.98. The molecule has 0 N–H and O–H groups in total. The van der Waals surface area contributed by atoms with Crippen LogP contribution in [0.4, 0.5) is 11.4 Å². The zero-order chi connectivity index (χ0) is 14.1. The van der Waals surface area contributed by atoms with Crippen molar-refractivity contribution in [1.82, 2.24) is 0 Å². The van der Waals surface area contributed by atoms with Gasteiger partial charge in [0.05, 0.1) is 6.67 Å². The number of rotatable bonds is 2. The van der Waals surface area contributed by atoms with E-state index in [0.717, 1.165) is 13.2 Å². The van der Waals surface area contributed by atoms with E-state index in [-0.39, 0.29) is 0 Å². The fourth-order valence-corrected chi connectivity index (χ4v) is 3.09. The van der Waals surface area contributed by atoms with Crippen molar-refractivity contribution in [1.29, 1.82) is 0 Å². The van der Waals surface area contributed by atoms with Gasteiger partial charge in [-0.3, -0.25) is 0 Å². The minimum absolute atomic E-state index is 0.538. The lowest BCUT2D eigenvalue weighted by Gasteiger charge is -2.25. The molecule has 0 saturated carbocycles. The molecule has 2 aromatic carbocycles. The third kappa shape index (κ3) is 2.26. The standard InChI is InChI=1S/C18H22N2/c1-14-8-4-6-10-17(14)19-12-16(3)20(13-19)18-11-7-5-9-15(18)2/h4-11,16H,12-13H2,1-3H3. The summed E-state index contributed by atoms with van der Waals surface area (Å²) in [5.74, 6) is 0. The topological polar surface area (TPSA) is 6.48 Å². The number of hydrogen-bond donors (Lipinski definition) is 0. The summed E-state index contributed by atoms with van der Waals surface area (Å²) in [5, 5.41) is 0. The Morgan fingerprint density at radius 2 is 1.40 bits per heavy atom. The van der Waals surface area contributed by atoms with Gasteiger partial charge < -0.3 is 9.80 Å². The normalized spacial score (nSPS) is 18.6. The van der Waals surface area contributed by atoms with E-state index >= 15 is 0 Å². The van der Waals surface area contributed by atoms with Crippen LogP contribution in [0.1, 0.15) is 18.1 Å². The van der Waals surface area contributed by atoms with Crippen molar-refractivity contribution in [3.8, 4) is 0 Å². The lowest BCUT2D eigenvalue weighted by molar-refractivity contribution is 0.775. The number of benzene rings is 2. The zero-order valence-corrected chi connectivity index (χ0v) is 12.5. The van der Waals surface area contributed by atoms with E-state index in [9.17, 15) is 0 Å². The number of hydrogen-bond acceptors (Lipinski definition) is 2. The Morgan fingerprint density at radius 3 is 2.00 bits per heavy atom. The maximum atomic E-state index is 2.50. The Kier molecular flexibility index (Phi) is 3.39. The molecular formula is C18H22N2. The fraction of sp³-hybridized carbons (Fsp3) is 0.333. The maximum Gasteiger partial charge on any atom is 0.0907 e. The predicted octanol–water partition coefficient (Wildman–Crippen LogP) is 3.98. The molecule has 1 aliphatic heterocycles. The smallest absolute Gasteiger partial charge is 0.0907 e. The van der Waals surface area contributed by atoms with Crippen molar-refractivity contribution in [2.24, 2.45) is 0 Å². The van der Waals surface area contributed by atoms with Crippen LogP contribution in [0, 0.1) is 13.8 Å². The van der Waals surface area contributed by atoms with Crippen LogP contribution >= 0.6 is 0 Å². The van der Waals surface area contributed by atoms with Crippen LogP contribution < -0.4 is 9.80 Å². The molecule has 1 unspecified atom stereocenters. The van der Waals surface area contributed by atoms with Gasteiger partial charge in [-0.05, 0) is 44.0 Å². The number of aryl methyl sites for hydroxylation is 2. The first-order valence-corrected chi connectivity index (χ1v) is 7.29. The molecule has 2 aromatic rings. The molecule has 1 fully saturated rings. The minimum atomic E-state index is 0.538. The Hall–Kier alpha value is -1.96. The van der Waals surface area contributed by atoms with Crippen molar-refractivity contribution in [3.63, 3.8) is 0 Å². The third-order valence-electron chi connectivity index (χ3n) is 4.22. The molecule has 1 heterocycles. The maximum absolute atomic E-state index is 2.50. The van der Waals surface area contributed by atoms with Gasteiger partial charge >= 0.3 is 0 Å². The van der Waals surface area contributed by atoms with Crippen LogP contribution in [0.3, 0.4) is 0 Å². The molecule has 0 spiro atoms. The average molecular weight is 266 g/mol. The van der Waals surface area contributed by atoms with Crippen LogP contribution in [0.5, 0.6) is 0 Å². The van der Waals surface area contributed by atoms with Crippen LogP contribution in [0.2, 0.25) is 0 Å². The molecule has 104 valence electrons. The molecule has 0 radical (unpaired) electrons. The summed E-state index contributed by atoms with van der Waals surface area (Å²) in [6.45, 7) is 8.75. The van der Waals surface area contributed by atoms with E-state index in [1.165, 1.54) is 22.5 Å². The van der Waals surface area contributed by atoms with Crippen LogP contribution in [0.15, 0.2) is 48.5 Å². The summed E-state index contributed by atoms with van der Waals surface area (Å²) >= 11 is 0. The Labute approximate surface area is 121 Å². The summed E-state index contributed by atoms with van der Waals surface area (Å²) in [6, 6.07) is 17.9. The van der Waals surface area contributed by atoms with E-state index in [1.54, 1.807) is 0 Å². The van der Waals surface area contributed by atoms with Gasteiger partial charge in [0.15, 0.2) is 0 Å². The molecule has 20 heavy (non-hydrogen) atoms. The van der Waals surface area contributed by atoms with Crippen molar-refractivity contribution in [2.75, 3.05) is 23.0 Å². The highest BCUT2D eigenvalue weighted by Crippen LogP contribution is 2.30. The second kappa shape index (κ2) is 5.20. The zero-order valence-electron chi connectivity index (χ0n) is 12.5. The molecule has 0 aromatic heterocycles. The van der Waals surface area contributed by atoms with Crippen molar-refractivity contribution in [2.45, 2.75) is 26.8 Å². The molecule has 2 heteroatoms. The van der Waals surface area contributed by atoms with Crippen molar-refractivity contribution >= 4 is 11.4 Å². The highest BCUT2D eigenvalue weighted by molar-refractivity contribution is 5.61. The molecule has 0 amide bonds. The molecule has 0 aliphatic carbocycles.